The molecule has 1 aliphatic rings. The summed E-state index contributed by atoms with van der Waals surface area (Å²) in [4.78, 5) is 72.0. The van der Waals surface area contributed by atoms with Crippen molar-refractivity contribution in [2.45, 2.75) is 26.8 Å². The summed E-state index contributed by atoms with van der Waals surface area (Å²) in [7, 11) is 0. The number of rotatable bonds is 16. The maximum atomic E-state index is 11.9. The molecule has 0 spiro atoms. The molecule has 2 amide bonds. The van der Waals surface area contributed by atoms with Crippen molar-refractivity contribution in [1.82, 2.24) is 20.2 Å². The molecule has 0 saturated heterocycles. The normalized spacial score (nSPS) is 13.9. The molecule has 1 aromatic rings. The summed E-state index contributed by atoms with van der Waals surface area (Å²) in [6.45, 7) is 0.674. The Morgan fingerprint density at radius 2 is 1.50 bits per heavy atom. The Bertz CT molecular complexity index is 1290. The number of allylic oxidation sites excluding steroid dienone is 3. The summed E-state index contributed by atoms with van der Waals surface area (Å²) in [5.74, 6) is -3.50. The van der Waals surface area contributed by atoms with Crippen molar-refractivity contribution in [2.24, 2.45) is 5.92 Å². The van der Waals surface area contributed by atoms with Crippen molar-refractivity contribution in [3.05, 3.63) is 55.7 Å². The Balaban J connectivity index is 1.53. The minimum absolute atomic E-state index is 0.00419. The van der Waals surface area contributed by atoms with Crippen LogP contribution in [0.3, 0.4) is 0 Å². The van der Waals surface area contributed by atoms with Gasteiger partial charge >= 0.3 is 17.8 Å². The Kier molecular flexibility index (Phi) is 13.3. The molecule has 2 N–H and O–H groups in total. The zero-order valence-electron chi connectivity index (χ0n) is 22.6. The molecule has 1 atom stereocenters. The topological polar surface area (TPSA) is 233 Å². The van der Waals surface area contributed by atoms with Gasteiger partial charge in [-0.25, -0.2) is 19.1 Å². The zero-order chi connectivity index (χ0) is 31.2. The number of nitro groups is 2. The maximum Gasteiger partial charge on any atom is 0.342 e. The van der Waals surface area contributed by atoms with Gasteiger partial charge in [0, 0.05) is 13.0 Å². The van der Waals surface area contributed by atoms with Crippen LogP contribution in [0.5, 0.6) is 0 Å². The number of thiocarbonyl (C=S) groups is 1. The molecule has 0 saturated carbocycles. The fourth-order valence-electron chi connectivity index (χ4n) is 3.56. The second-order valence-corrected chi connectivity index (χ2v) is 8.93. The lowest BCUT2D eigenvalue weighted by Gasteiger charge is -2.12. The number of carbonyl (C=O) groups excluding carboxylic acids is 4. The fourth-order valence-corrected chi connectivity index (χ4v) is 3.79. The first-order valence-electron chi connectivity index (χ1n) is 12.2. The van der Waals surface area contributed by atoms with E-state index >= 15 is 0 Å². The van der Waals surface area contributed by atoms with E-state index in [-0.39, 0.29) is 42.8 Å². The van der Waals surface area contributed by atoms with Crippen molar-refractivity contribution in [2.75, 3.05) is 39.6 Å². The van der Waals surface area contributed by atoms with Crippen molar-refractivity contribution < 1.29 is 48.0 Å². The van der Waals surface area contributed by atoms with E-state index in [2.05, 4.69) is 15.6 Å². The molecule has 2 rings (SSSR count). The number of nitrogens with zero attached hydrogens (tertiary/aromatic N) is 4. The Morgan fingerprint density at radius 3 is 2.05 bits per heavy atom. The van der Waals surface area contributed by atoms with Crippen LogP contribution >= 0.6 is 12.2 Å². The third kappa shape index (κ3) is 11.1. The van der Waals surface area contributed by atoms with Gasteiger partial charge in [0.1, 0.15) is 45.8 Å². The summed E-state index contributed by atoms with van der Waals surface area (Å²) < 4.78 is 21.0. The van der Waals surface area contributed by atoms with Crippen LogP contribution in [0.25, 0.3) is 0 Å². The minimum atomic E-state index is -0.821. The van der Waals surface area contributed by atoms with Crippen LogP contribution in [-0.2, 0) is 44.7 Å². The lowest BCUT2D eigenvalue weighted by Crippen LogP contribution is -2.45. The number of hydrogen-bond donors (Lipinski definition) is 2. The molecule has 1 unspecified atom stereocenters. The van der Waals surface area contributed by atoms with E-state index in [1.807, 2.05) is 0 Å². The van der Waals surface area contributed by atoms with Gasteiger partial charge in [0.2, 0.25) is 0 Å². The van der Waals surface area contributed by atoms with Crippen LogP contribution in [-0.4, -0.2) is 87.9 Å². The number of amides is 2. The Hall–Kier alpha value is -4.62. The first-order valence-corrected chi connectivity index (χ1v) is 12.6. The van der Waals surface area contributed by atoms with E-state index in [4.69, 9.17) is 31.2 Å². The van der Waals surface area contributed by atoms with Gasteiger partial charge in [-0.2, -0.15) is 0 Å². The summed E-state index contributed by atoms with van der Waals surface area (Å²) in [5.41, 5.74) is 0.810. The van der Waals surface area contributed by atoms with Crippen LogP contribution in [0.1, 0.15) is 19.2 Å². The number of aryl methyl sites for hydroxylation is 1. The quantitative estimate of drug-likeness (QED) is 0.107. The third-order valence-corrected chi connectivity index (χ3v) is 5.72. The van der Waals surface area contributed by atoms with Gasteiger partial charge < -0.3 is 39.7 Å². The molecule has 228 valence electrons. The highest BCUT2D eigenvalue weighted by Gasteiger charge is 2.29. The van der Waals surface area contributed by atoms with Crippen LogP contribution < -0.4 is 10.6 Å². The predicted molar refractivity (Wildman–Crippen MR) is 143 cm³/mol. The summed E-state index contributed by atoms with van der Waals surface area (Å²) in [6.07, 6.45) is 4.35. The monoisotopic (exact) mass is 612 g/mol. The largest absolute Gasteiger partial charge is 0.464 e. The standard InChI is InChI=1S/C23H28N6O12S/c1-14-3-4-17(28(34)35)16(14)5-7-40-21(32)12-38-10-18(30)25-23(42)26-19(31)11-39-13-22(33)41-8-6-27-15(2)24-9-20(27)29(36)37/h3-4,9,16H,5-8,10-13H2,1-2H3,(H2,25,26,30,31,42). The Labute approximate surface area is 243 Å². The number of imidazole rings is 1. The van der Waals surface area contributed by atoms with Crippen LogP contribution in [0.4, 0.5) is 5.82 Å². The number of hydrogen-bond acceptors (Lipinski definition) is 14. The van der Waals surface area contributed by atoms with Gasteiger partial charge in [-0.15, -0.1) is 0 Å². The number of esters is 2. The molecule has 0 aliphatic heterocycles. The third-order valence-electron chi connectivity index (χ3n) is 5.52. The molecule has 0 bridgehead atoms. The van der Waals surface area contributed by atoms with Gasteiger partial charge in [-0.05, 0) is 30.5 Å². The predicted octanol–water partition coefficient (Wildman–Crippen LogP) is -0.137. The lowest BCUT2D eigenvalue weighted by atomic mass is 9.98. The van der Waals surface area contributed by atoms with Crippen LogP contribution in [0.15, 0.2) is 29.6 Å². The second-order valence-electron chi connectivity index (χ2n) is 8.52. The average Bonchev–Trinajstić information content (AvgIpc) is 3.46. The van der Waals surface area contributed by atoms with Crippen molar-refractivity contribution in [3.8, 4) is 0 Å². The second kappa shape index (κ2) is 16.6. The van der Waals surface area contributed by atoms with E-state index in [1.165, 1.54) is 10.6 Å². The van der Waals surface area contributed by atoms with E-state index < -0.39 is 65.9 Å². The summed E-state index contributed by atoms with van der Waals surface area (Å²) in [6, 6.07) is 0. The molecule has 0 aromatic carbocycles. The molecule has 1 heterocycles. The lowest BCUT2D eigenvalue weighted by molar-refractivity contribution is -0.432. The van der Waals surface area contributed by atoms with Crippen molar-refractivity contribution >= 4 is 46.9 Å². The van der Waals surface area contributed by atoms with Gasteiger partial charge in [0.25, 0.3) is 17.5 Å². The zero-order valence-corrected chi connectivity index (χ0v) is 23.4. The minimum Gasteiger partial charge on any atom is -0.464 e. The number of carbonyl (C=O) groups is 4. The molecule has 42 heavy (non-hydrogen) atoms. The molecule has 1 aliphatic carbocycles. The van der Waals surface area contributed by atoms with Gasteiger partial charge in [0.05, 0.1) is 17.4 Å². The van der Waals surface area contributed by atoms with E-state index in [1.54, 1.807) is 19.9 Å². The van der Waals surface area contributed by atoms with Gasteiger partial charge in [-0.1, -0.05) is 11.6 Å². The molecule has 19 heteroatoms. The molecule has 1 aromatic heterocycles. The molecule has 0 fully saturated rings. The van der Waals surface area contributed by atoms with Crippen LogP contribution in [0, 0.1) is 33.1 Å². The highest BCUT2D eigenvalue weighted by atomic mass is 32.1. The summed E-state index contributed by atoms with van der Waals surface area (Å²) >= 11 is 4.82. The average molecular weight is 613 g/mol. The molecular weight excluding hydrogens is 584 g/mol. The maximum absolute atomic E-state index is 11.9. The molecule has 0 radical (unpaired) electrons. The smallest absolute Gasteiger partial charge is 0.342 e. The van der Waals surface area contributed by atoms with Crippen molar-refractivity contribution in [3.63, 3.8) is 0 Å². The number of ether oxygens (including phenoxy) is 4. The van der Waals surface area contributed by atoms with E-state index in [9.17, 15) is 39.4 Å². The first kappa shape index (κ1) is 33.6. The Morgan fingerprint density at radius 1 is 0.929 bits per heavy atom. The number of aromatic nitrogens is 2. The highest BCUT2D eigenvalue weighted by molar-refractivity contribution is 7.80. The fraction of sp³-hybridized carbons (Fsp3) is 0.478. The van der Waals surface area contributed by atoms with Crippen molar-refractivity contribution in [1.29, 1.82) is 0 Å². The molecular formula is C23H28N6O12S. The van der Waals surface area contributed by atoms with Gasteiger partial charge in [-0.3, -0.25) is 19.7 Å². The highest BCUT2D eigenvalue weighted by Crippen LogP contribution is 2.29. The van der Waals surface area contributed by atoms with Crippen LogP contribution in [0.2, 0.25) is 0 Å². The molecule has 18 nitrogen and oxygen atoms in total. The van der Waals surface area contributed by atoms with E-state index in [0.717, 1.165) is 11.8 Å². The first-order chi connectivity index (χ1) is 19.9. The van der Waals surface area contributed by atoms with E-state index in [0.29, 0.717) is 5.82 Å². The summed E-state index contributed by atoms with van der Waals surface area (Å²) in [5, 5.41) is 25.9. The SMILES string of the molecule is CC1=CC=C([N+](=O)[O-])C1CCOC(=O)COCC(=O)NC(=S)NC(=O)COCC(=O)OCCn1c([N+](=O)[O-])cnc1C. The number of nitrogens with one attached hydrogen (secondary N) is 2. The van der Waals surface area contributed by atoms with Gasteiger partial charge in [0.15, 0.2) is 10.9 Å².